The summed E-state index contributed by atoms with van der Waals surface area (Å²) in [5.74, 6) is 1.39. The molecule has 0 unspecified atom stereocenters. The van der Waals surface area contributed by atoms with Crippen molar-refractivity contribution in [3.63, 3.8) is 0 Å². The summed E-state index contributed by atoms with van der Waals surface area (Å²) in [6, 6.07) is 7.94. The number of benzene rings is 1. The van der Waals surface area contributed by atoms with E-state index in [1.807, 2.05) is 31.2 Å². The molecule has 1 N–H and O–H groups in total. The Hall–Kier alpha value is -1.42. The molecule has 1 aromatic rings. The van der Waals surface area contributed by atoms with Crippen LogP contribution in [0.5, 0.6) is 0 Å². The standard InChI is InChI=1S/C18H21BrN2O/c1-12(13-8-10-14(19)11-9-13)20-21-18(22)17-15-6-4-2-3-5-7-16(15)17/h2-3,8-11,15-17H,4-7H2,1H3,(H,21,22)/b3-2?,20-12-/t15-,16-/m0/s1. The summed E-state index contributed by atoms with van der Waals surface area (Å²) in [7, 11) is 0. The van der Waals surface area contributed by atoms with E-state index < -0.39 is 0 Å². The summed E-state index contributed by atoms with van der Waals surface area (Å²) in [6.45, 7) is 1.92. The maximum atomic E-state index is 12.3. The van der Waals surface area contributed by atoms with E-state index >= 15 is 0 Å². The summed E-state index contributed by atoms with van der Waals surface area (Å²) < 4.78 is 1.04. The fraction of sp³-hybridized carbons (Fsp3) is 0.444. The van der Waals surface area contributed by atoms with Crippen molar-refractivity contribution in [2.45, 2.75) is 32.6 Å². The van der Waals surface area contributed by atoms with E-state index in [-0.39, 0.29) is 11.8 Å². The van der Waals surface area contributed by atoms with Gasteiger partial charge in [-0.05, 0) is 62.1 Å². The molecule has 1 aromatic carbocycles. The lowest BCUT2D eigenvalue weighted by molar-refractivity contribution is -0.122. The van der Waals surface area contributed by atoms with E-state index in [1.165, 1.54) is 0 Å². The van der Waals surface area contributed by atoms with Gasteiger partial charge in [0.2, 0.25) is 5.91 Å². The minimum atomic E-state index is 0.0911. The SMILES string of the molecule is C/C(=N/NC(=O)C1[C@H]2CCC=CCC[C@H]12)c1ccc(Br)cc1. The minimum absolute atomic E-state index is 0.0911. The van der Waals surface area contributed by atoms with Crippen LogP contribution in [0.15, 0.2) is 46.0 Å². The summed E-state index contributed by atoms with van der Waals surface area (Å²) in [5.41, 5.74) is 4.63. The van der Waals surface area contributed by atoms with Crippen LogP contribution >= 0.6 is 15.9 Å². The molecule has 22 heavy (non-hydrogen) atoms. The van der Waals surface area contributed by atoms with Gasteiger partial charge in [0, 0.05) is 10.4 Å². The number of carbonyl (C=O) groups excluding carboxylic acids is 1. The van der Waals surface area contributed by atoms with Crippen molar-refractivity contribution in [2.75, 3.05) is 0 Å². The molecule has 0 aliphatic heterocycles. The predicted molar refractivity (Wildman–Crippen MR) is 92.6 cm³/mol. The number of hydrogen-bond acceptors (Lipinski definition) is 2. The van der Waals surface area contributed by atoms with Gasteiger partial charge in [-0.2, -0.15) is 5.10 Å². The lowest BCUT2D eigenvalue weighted by Gasteiger charge is -2.03. The average Bonchev–Trinajstić information content (AvgIpc) is 3.16. The molecule has 116 valence electrons. The average molecular weight is 361 g/mol. The highest BCUT2D eigenvalue weighted by atomic mass is 79.9. The number of fused-ring (bicyclic) bond motifs is 1. The Labute approximate surface area is 140 Å². The summed E-state index contributed by atoms with van der Waals surface area (Å²) >= 11 is 3.42. The van der Waals surface area contributed by atoms with Gasteiger partial charge < -0.3 is 0 Å². The first-order valence-corrected chi connectivity index (χ1v) is 8.71. The van der Waals surface area contributed by atoms with Gasteiger partial charge in [-0.25, -0.2) is 5.43 Å². The summed E-state index contributed by atoms with van der Waals surface area (Å²) in [6.07, 6.45) is 8.97. The quantitative estimate of drug-likeness (QED) is 0.487. The van der Waals surface area contributed by atoms with Crippen LogP contribution < -0.4 is 5.43 Å². The minimum Gasteiger partial charge on any atom is -0.273 e. The topological polar surface area (TPSA) is 41.5 Å². The van der Waals surface area contributed by atoms with Crippen molar-refractivity contribution < 1.29 is 4.79 Å². The highest BCUT2D eigenvalue weighted by molar-refractivity contribution is 9.10. The number of nitrogens with one attached hydrogen (secondary N) is 1. The fourth-order valence-electron chi connectivity index (χ4n) is 3.40. The van der Waals surface area contributed by atoms with Crippen LogP contribution in [0.3, 0.4) is 0 Å². The highest BCUT2D eigenvalue weighted by Gasteiger charge is 2.53. The van der Waals surface area contributed by atoms with Gasteiger partial charge in [0.25, 0.3) is 0 Å². The zero-order chi connectivity index (χ0) is 15.5. The number of hydrazone groups is 1. The Morgan fingerprint density at radius 2 is 1.73 bits per heavy atom. The van der Waals surface area contributed by atoms with E-state index in [0.29, 0.717) is 11.8 Å². The summed E-state index contributed by atoms with van der Waals surface area (Å²) in [4.78, 5) is 12.3. The number of halogens is 1. The smallest absolute Gasteiger partial charge is 0.243 e. The molecule has 1 amide bonds. The van der Waals surface area contributed by atoms with Crippen molar-refractivity contribution in [1.82, 2.24) is 5.43 Å². The van der Waals surface area contributed by atoms with Crippen LogP contribution in [0.1, 0.15) is 38.2 Å². The van der Waals surface area contributed by atoms with E-state index in [0.717, 1.165) is 41.4 Å². The lowest BCUT2D eigenvalue weighted by Crippen LogP contribution is -2.22. The third kappa shape index (κ3) is 3.49. The molecule has 0 bridgehead atoms. The van der Waals surface area contributed by atoms with Crippen LogP contribution in [0.4, 0.5) is 0 Å². The molecule has 3 rings (SSSR count). The van der Waals surface area contributed by atoms with Gasteiger partial charge in [-0.1, -0.05) is 40.2 Å². The molecule has 2 aliphatic rings. The largest absolute Gasteiger partial charge is 0.273 e. The maximum Gasteiger partial charge on any atom is 0.243 e. The van der Waals surface area contributed by atoms with Crippen molar-refractivity contribution in [3.05, 3.63) is 46.5 Å². The number of amides is 1. The third-order valence-electron chi connectivity index (χ3n) is 4.73. The van der Waals surface area contributed by atoms with Gasteiger partial charge in [0.15, 0.2) is 0 Å². The molecule has 0 heterocycles. The molecular formula is C18H21BrN2O. The second-order valence-corrected chi connectivity index (χ2v) is 7.08. The molecule has 2 aliphatic carbocycles. The number of carbonyl (C=O) groups is 1. The number of hydrogen-bond donors (Lipinski definition) is 1. The van der Waals surface area contributed by atoms with Gasteiger partial charge in [-0.15, -0.1) is 0 Å². The lowest BCUT2D eigenvalue weighted by atomic mass is 10.1. The molecule has 1 fully saturated rings. The summed E-state index contributed by atoms with van der Waals surface area (Å²) in [5, 5.41) is 4.28. The Morgan fingerprint density at radius 3 is 2.32 bits per heavy atom. The Balaban J connectivity index is 1.58. The van der Waals surface area contributed by atoms with Crippen LogP contribution in [0.25, 0.3) is 0 Å². The zero-order valence-corrected chi connectivity index (χ0v) is 14.3. The molecular weight excluding hydrogens is 340 g/mol. The van der Waals surface area contributed by atoms with Crippen molar-refractivity contribution in [1.29, 1.82) is 0 Å². The molecule has 1 saturated carbocycles. The second kappa shape index (κ2) is 6.78. The number of nitrogens with zero attached hydrogens (tertiary/aromatic N) is 1. The molecule has 0 aromatic heterocycles. The molecule has 4 heteroatoms. The number of rotatable bonds is 3. The monoisotopic (exact) mass is 360 g/mol. The van der Waals surface area contributed by atoms with Crippen molar-refractivity contribution in [3.8, 4) is 0 Å². The van der Waals surface area contributed by atoms with E-state index in [2.05, 4.69) is 38.6 Å². The first-order valence-electron chi connectivity index (χ1n) is 7.92. The first-order chi connectivity index (χ1) is 10.7. The fourth-order valence-corrected chi connectivity index (χ4v) is 3.67. The van der Waals surface area contributed by atoms with Gasteiger partial charge in [0.1, 0.15) is 0 Å². The number of allylic oxidation sites excluding steroid dienone is 2. The van der Waals surface area contributed by atoms with Crippen LogP contribution in [-0.2, 0) is 4.79 Å². The van der Waals surface area contributed by atoms with Gasteiger partial charge >= 0.3 is 0 Å². The first kappa shape index (κ1) is 15.5. The maximum absolute atomic E-state index is 12.3. The van der Waals surface area contributed by atoms with E-state index in [9.17, 15) is 4.79 Å². The Morgan fingerprint density at radius 1 is 1.14 bits per heavy atom. The normalized spacial score (nSPS) is 27.5. The Kier molecular flexibility index (Phi) is 4.77. The second-order valence-electron chi connectivity index (χ2n) is 6.16. The van der Waals surface area contributed by atoms with Crippen LogP contribution in [0, 0.1) is 17.8 Å². The van der Waals surface area contributed by atoms with Crippen LogP contribution in [-0.4, -0.2) is 11.6 Å². The molecule has 0 saturated heterocycles. The van der Waals surface area contributed by atoms with Crippen molar-refractivity contribution in [2.24, 2.45) is 22.9 Å². The van der Waals surface area contributed by atoms with Gasteiger partial charge in [-0.3, -0.25) is 4.79 Å². The predicted octanol–water partition coefficient (Wildman–Crippen LogP) is 4.28. The highest BCUT2D eigenvalue weighted by Crippen LogP contribution is 2.52. The molecule has 0 radical (unpaired) electrons. The van der Waals surface area contributed by atoms with E-state index in [4.69, 9.17) is 0 Å². The Bertz CT molecular complexity index is 590. The van der Waals surface area contributed by atoms with E-state index in [1.54, 1.807) is 0 Å². The van der Waals surface area contributed by atoms with Crippen LogP contribution in [0.2, 0.25) is 0 Å². The zero-order valence-electron chi connectivity index (χ0n) is 12.8. The molecule has 0 spiro atoms. The van der Waals surface area contributed by atoms with Gasteiger partial charge in [0.05, 0.1) is 5.71 Å². The third-order valence-corrected chi connectivity index (χ3v) is 5.26. The molecule has 2 atom stereocenters. The molecule has 3 nitrogen and oxygen atoms in total. The van der Waals surface area contributed by atoms with Crippen molar-refractivity contribution >= 4 is 27.5 Å².